The van der Waals surface area contributed by atoms with Crippen molar-refractivity contribution < 1.29 is 14.6 Å². The third-order valence-electron chi connectivity index (χ3n) is 5.94. The molecule has 1 atom stereocenters. The summed E-state index contributed by atoms with van der Waals surface area (Å²) < 4.78 is 6.05. The lowest BCUT2D eigenvalue weighted by Gasteiger charge is -2.33. The van der Waals surface area contributed by atoms with Gasteiger partial charge in [-0.15, -0.1) is 0 Å². The summed E-state index contributed by atoms with van der Waals surface area (Å²) in [5.41, 5.74) is 2.11. The number of para-hydroxylation sites is 2. The number of carbonyl (C=O) groups excluding carboxylic acids is 1. The number of rotatable bonds is 7. The molecule has 3 heterocycles. The van der Waals surface area contributed by atoms with E-state index in [1.54, 1.807) is 36.7 Å². The van der Waals surface area contributed by atoms with Crippen molar-refractivity contribution in [3.8, 4) is 11.6 Å². The summed E-state index contributed by atoms with van der Waals surface area (Å²) >= 11 is 0. The zero-order valence-corrected chi connectivity index (χ0v) is 18.1. The zero-order chi connectivity index (χ0) is 22.6. The van der Waals surface area contributed by atoms with Crippen LogP contribution in [0.3, 0.4) is 0 Å². The molecule has 8 nitrogen and oxygen atoms in total. The van der Waals surface area contributed by atoms with Gasteiger partial charge in [-0.3, -0.25) is 4.79 Å². The number of fused-ring (bicyclic) bond motifs is 1. The molecule has 8 heteroatoms. The average molecular weight is 444 g/mol. The van der Waals surface area contributed by atoms with Crippen LogP contribution in [0, 0.1) is 5.92 Å². The van der Waals surface area contributed by atoms with Crippen molar-refractivity contribution in [3.63, 3.8) is 0 Å². The number of aliphatic hydroxyl groups is 1. The number of benzene rings is 2. The van der Waals surface area contributed by atoms with Gasteiger partial charge in [0.2, 0.25) is 5.78 Å². The maximum Gasteiger partial charge on any atom is 0.263 e. The van der Waals surface area contributed by atoms with E-state index >= 15 is 0 Å². The zero-order valence-electron chi connectivity index (χ0n) is 18.1. The molecule has 1 aliphatic heterocycles. The van der Waals surface area contributed by atoms with Crippen LogP contribution in [0.2, 0.25) is 0 Å². The second kappa shape index (κ2) is 9.38. The molecule has 0 bridgehead atoms. The first-order chi connectivity index (χ1) is 16.2. The van der Waals surface area contributed by atoms with E-state index in [-0.39, 0.29) is 12.4 Å². The Balaban J connectivity index is 1.32. The van der Waals surface area contributed by atoms with Crippen LogP contribution in [-0.4, -0.2) is 50.5 Å². The normalized spacial score (nSPS) is 16.2. The summed E-state index contributed by atoms with van der Waals surface area (Å²) in [6.07, 6.45) is 6.20. The number of H-pyrrole nitrogens is 1. The lowest BCUT2D eigenvalue weighted by molar-refractivity contribution is 0.103. The molecule has 168 valence electrons. The Morgan fingerprint density at radius 2 is 1.94 bits per heavy atom. The minimum atomic E-state index is -0.179. The van der Waals surface area contributed by atoms with Crippen molar-refractivity contribution in [3.05, 3.63) is 72.3 Å². The minimum Gasteiger partial charge on any atom is -0.436 e. The molecule has 1 fully saturated rings. The number of piperidine rings is 1. The van der Waals surface area contributed by atoms with Gasteiger partial charge in [0.15, 0.2) is 11.6 Å². The lowest BCUT2D eigenvalue weighted by Crippen LogP contribution is -2.36. The van der Waals surface area contributed by atoms with Gasteiger partial charge in [0.1, 0.15) is 5.75 Å². The molecule has 33 heavy (non-hydrogen) atoms. The van der Waals surface area contributed by atoms with Gasteiger partial charge in [0.25, 0.3) is 5.88 Å². The molecular weight excluding hydrogens is 418 g/mol. The van der Waals surface area contributed by atoms with E-state index < -0.39 is 0 Å². The maximum atomic E-state index is 12.8. The Kier molecular flexibility index (Phi) is 5.99. The fraction of sp³-hybridized carbons (Fsp3) is 0.280. The first-order valence-corrected chi connectivity index (χ1v) is 11.2. The summed E-state index contributed by atoms with van der Waals surface area (Å²) in [6, 6.07) is 14.5. The first kappa shape index (κ1) is 21.1. The molecule has 0 aliphatic carbocycles. The highest BCUT2D eigenvalue weighted by molar-refractivity contribution is 6.08. The van der Waals surface area contributed by atoms with Gasteiger partial charge >= 0.3 is 0 Å². The van der Waals surface area contributed by atoms with Crippen LogP contribution >= 0.6 is 0 Å². The molecule has 2 aromatic carbocycles. The van der Waals surface area contributed by atoms with Crippen LogP contribution in [0.1, 0.15) is 35.4 Å². The molecule has 1 saturated heterocycles. The summed E-state index contributed by atoms with van der Waals surface area (Å²) in [5, 5.41) is 9.29. The van der Waals surface area contributed by atoms with Crippen molar-refractivity contribution >= 4 is 22.6 Å². The second-order valence-electron chi connectivity index (χ2n) is 8.21. The molecule has 1 aliphatic rings. The molecule has 0 amide bonds. The quantitative estimate of drug-likeness (QED) is 0.416. The number of aromatic nitrogens is 4. The van der Waals surface area contributed by atoms with Crippen molar-refractivity contribution in [2.24, 2.45) is 5.92 Å². The largest absolute Gasteiger partial charge is 0.436 e. The smallest absolute Gasteiger partial charge is 0.263 e. The summed E-state index contributed by atoms with van der Waals surface area (Å²) in [4.78, 5) is 31.4. The Labute approximate surface area is 191 Å². The van der Waals surface area contributed by atoms with Gasteiger partial charge in [-0.25, -0.2) is 15.0 Å². The predicted molar refractivity (Wildman–Crippen MR) is 125 cm³/mol. The van der Waals surface area contributed by atoms with E-state index in [1.807, 2.05) is 24.3 Å². The van der Waals surface area contributed by atoms with Gasteiger partial charge in [-0.05, 0) is 61.6 Å². The van der Waals surface area contributed by atoms with Gasteiger partial charge in [-0.2, -0.15) is 0 Å². The molecule has 4 aromatic rings. The first-order valence-electron chi connectivity index (χ1n) is 11.2. The van der Waals surface area contributed by atoms with E-state index in [2.05, 4.69) is 24.8 Å². The number of ketones is 1. The minimum absolute atomic E-state index is 0.179. The van der Waals surface area contributed by atoms with Crippen molar-refractivity contribution in [1.82, 2.24) is 19.9 Å². The number of imidazole rings is 1. The van der Waals surface area contributed by atoms with E-state index in [0.29, 0.717) is 34.8 Å². The number of anilines is 1. The van der Waals surface area contributed by atoms with Crippen LogP contribution in [0.5, 0.6) is 11.6 Å². The summed E-state index contributed by atoms with van der Waals surface area (Å²) in [7, 11) is 0. The molecule has 5 rings (SSSR count). The molecule has 2 N–H and O–H groups in total. The summed E-state index contributed by atoms with van der Waals surface area (Å²) in [6.45, 7) is 1.89. The molecule has 0 spiro atoms. The van der Waals surface area contributed by atoms with Crippen LogP contribution in [0.15, 0.2) is 60.9 Å². The SMILES string of the molecule is O=C(c1ccc(Oc2nccnc2N2CCC[C@@H](CCO)C2)cc1)c1nc2ccccc2[nH]1. The van der Waals surface area contributed by atoms with Crippen LogP contribution < -0.4 is 9.64 Å². The van der Waals surface area contributed by atoms with Crippen LogP contribution in [-0.2, 0) is 0 Å². The maximum absolute atomic E-state index is 12.8. The highest BCUT2D eigenvalue weighted by atomic mass is 16.5. The Morgan fingerprint density at radius 1 is 1.12 bits per heavy atom. The molecule has 2 aromatic heterocycles. The number of aliphatic hydroxyl groups excluding tert-OH is 1. The van der Waals surface area contributed by atoms with E-state index in [0.717, 1.165) is 43.4 Å². The number of hydrogen-bond acceptors (Lipinski definition) is 7. The fourth-order valence-corrected chi connectivity index (χ4v) is 4.27. The van der Waals surface area contributed by atoms with E-state index in [1.165, 1.54) is 0 Å². The van der Waals surface area contributed by atoms with Gasteiger partial charge in [0.05, 0.1) is 11.0 Å². The monoisotopic (exact) mass is 443 g/mol. The van der Waals surface area contributed by atoms with Crippen LogP contribution in [0.25, 0.3) is 11.0 Å². The number of nitrogens with zero attached hydrogens (tertiary/aromatic N) is 4. The standard InChI is InChI=1S/C25H25N5O3/c31-15-11-17-4-3-14-30(16-17)24-25(27-13-12-26-24)33-19-9-7-18(8-10-19)22(32)23-28-20-5-1-2-6-21(20)29-23/h1-2,5-10,12-13,17,31H,3-4,11,14-16H2,(H,28,29)/t17-/m0/s1. The highest BCUT2D eigenvalue weighted by Crippen LogP contribution is 2.32. The number of hydrogen-bond donors (Lipinski definition) is 2. The molecular formula is C25H25N5O3. The average Bonchev–Trinajstić information content (AvgIpc) is 3.29. The van der Waals surface area contributed by atoms with Crippen molar-refractivity contribution in [2.75, 3.05) is 24.6 Å². The lowest BCUT2D eigenvalue weighted by atomic mass is 9.95. The predicted octanol–water partition coefficient (Wildman–Crippen LogP) is 3.98. The molecule has 0 radical (unpaired) electrons. The third kappa shape index (κ3) is 4.56. The molecule has 0 saturated carbocycles. The Bertz CT molecular complexity index is 1220. The van der Waals surface area contributed by atoms with E-state index in [9.17, 15) is 9.90 Å². The summed E-state index contributed by atoms with van der Waals surface area (Å²) in [5.74, 6) is 2.26. The number of ether oxygens (including phenoxy) is 1. The molecule has 0 unspecified atom stereocenters. The van der Waals surface area contributed by atoms with Gasteiger partial charge in [0, 0.05) is 37.7 Å². The van der Waals surface area contributed by atoms with Crippen LogP contribution in [0.4, 0.5) is 5.82 Å². The Hall–Kier alpha value is -3.78. The van der Waals surface area contributed by atoms with Gasteiger partial charge in [-0.1, -0.05) is 12.1 Å². The number of aromatic amines is 1. The van der Waals surface area contributed by atoms with E-state index in [4.69, 9.17) is 4.74 Å². The van der Waals surface area contributed by atoms with Crippen molar-refractivity contribution in [2.45, 2.75) is 19.3 Å². The number of carbonyl (C=O) groups is 1. The third-order valence-corrected chi connectivity index (χ3v) is 5.94. The van der Waals surface area contributed by atoms with Crippen molar-refractivity contribution in [1.29, 1.82) is 0 Å². The van der Waals surface area contributed by atoms with Gasteiger partial charge < -0.3 is 19.7 Å². The highest BCUT2D eigenvalue weighted by Gasteiger charge is 2.24. The topological polar surface area (TPSA) is 104 Å². The Morgan fingerprint density at radius 3 is 2.76 bits per heavy atom. The fourth-order valence-electron chi connectivity index (χ4n) is 4.27. The second-order valence-corrected chi connectivity index (χ2v) is 8.21. The number of nitrogens with one attached hydrogen (secondary N) is 1.